The maximum Gasteiger partial charge on any atom is 0.254 e. The van der Waals surface area contributed by atoms with Crippen LogP contribution in [0.1, 0.15) is 23.0 Å². The standard InChI is InChI=1S/C18H19F2N3O2/c1-11-4-3-5-16(21-11)22-6-7-23(12(2)10-22)18(25)13-8-14(19)17(24)15(20)9-13/h3-5,8-9,12,24H,6-7,10H2,1-2H3/t12-/m0/s1. The van der Waals surface area contributed by atoms with Gasteiger partial charge in [0, 0.05) is 36.9 Å². The van der Waals surface area contributed by atoms with E-state index in [-0.39, 0.29) is 11.6 Å². The van der Waals surface area contributed by atoms with Crippen molar-refractivity contribution in [1.82, 2.24) is 9.88 Å². The minimum absolute atomic E-state index is 0.109. The van der Waals surface area contributed by atoms with Crippen LogP contribution in [0.3, 0.4) is 0 Å². The number of aryl methyl sites for hydroxylation is 1. The molecule has 1 N–H and O–H groups in total. The van der Waals surface area contributed by atoms with Crippen LogP contribution in [0.25, 0.3) is 0 Å². The third-order valence-electron chi connectivity index (χ3n) is 4.35. The number of halogens is 2. The van der Waals surface area contributed by atoms with E-state index in [1.54, 1.807) is 4.90 Å². The van der Waals surface area contributed by atoms with Gasteiger partial charge in [0.1, 0.15) is 5.82 Å². The number of pyridine rings is 1. The Morgan fingerprint density at radius 2 is 1.92 bits per heavy atom. The number of phenolic OH excluding ortho intramolecular Hbond substituents is 1. The summed E-state index contributed by atoms with van der Waals surface area (Å²) in [5, 5.41) is 9.17. The molecule has 1 aromatic carbocycles. The fraction of sp³-hybridized carbons (Fsp3) is 0.333. The molecule has 1 atom stereocenters. The molecule has 1 aliphatic heterocycles. The minimum Gasteiger partial charge on any atom is -0.503 e. The summed E-state index contributed by atoms with van der Waals surface area (Å²) in [7, 11) is 0. The molecule has 2 aromatic rings. The summed E-state index contributed by atoms with van der Waals surface area (Å²) in [6, 6.07) is 7.34. The maximum atomic E-state index is 13.5. The van der Waals surface area contributed by atoms with E-state index in [0.29, 0.717) is 19.6 Å². The molecule has 3 rings (SSSR count). The van der Waals surface area contributed by atoms with Gasteiger partial charge in [0.25, 0.3) is 5.91 Å². The molecule has 7 heteroatoms. The molecule has 1 saturated heterocycles. The first-order chi connectivity index (χ1) is 11.9. The Balaban J connectivity index is 1.76. The number of benzene rings is 1. The Labute approximate surface area is 144 Å². The summed E-state index contributed by atoms with van der Waals surface area (Å²) >= 11 is 0. The predicted molar refractivity (Wildman–Crippen MR) is 89.7 cm³/mol. The van der Waals surface area contributed by atoms with Crippen molar-refractivity contribution in [2.45, 2.75) is 19.9 Å². The lowest BCUT2D eigenvalue weighted by Crippen LogP contribution is -2.54. The van der Waals surface area contributed by atoms with E-state index in [1.165, 1.54) is 0 Å². The Bertz CT molecular complexity index is 790. The molecule has 2 heterocycles. The number of amides is 1. The summed E-state index contributed by atoms with van der Waals surface area (Å²) in [6.45, 7) is 5.37. The van der Waals surface area contributed by atoms with Crippen molar-refractivity contribution in [1.29, 1.82) is 0 Å². The van der Waals surface area contributed by atoms with Crippen molar-refractivity contribution < 1.29 is 18.7 Å². The lowest BCUT2D eigenvalue weighted by atomic mass is 10.1. The summed E-state index contributed by atoms with van der Waals surface area (Å²) in [4.78, 5) is 20.8. The van der Waals surface area contributed by atoms with Gasteiger partial charge < -0.3 is 14.9 Å². The topological polar surface area (TPSA) is 56.7 Å². The van der Waals surface area contributed by atoms with Crippen molar-refractivity contribution in [2.75, 3.05) is 24.5 Å². The fourth-order valence-corrected chi connectivity index (χ4v) is 3.03. The smallest absolute Gasteiger partial charge is 0.254 e. The molecule has 1 aromatic heterocycles. The molecule has 25 heavy (non-hydrogen) atoms. The molecule has 0 radical (unpaired) electrons. The van der Waals surface area contributed by atoms with Gasteiger partial charge in [-0.3, -0.25) is 4.79 Å². The lowest BCUT2D eigenvalue weighted by Gasteiger charge is -2.40. The second-order valence-electron chi connectivity index (χ2n) is 6.22. The van der Waals surface area contributed by atoms with Gasteiger partial charge >= 0.3 is 0 Å². The van der Waals surface area contributed by atoms with E-state index < -0.39 is 23.3 Å². The first-order valence-corrected chi connectivity index (χ1v) is 8.04. The highest BCUT2D eigenvalue weighted by Crippen LogP contribution is 2.24. The number of anilines is 1. The number of rotatable bonds is 2. The number of carbonyl (C=O) groups is 1. The van der Waals surface area contributed by atoms with Gasteiger partial charge in [-0.25, -0.2) is 13.8 Å². The first kappa shape index (κ1) is 17.1. The quantitative estimate of drug-likeness (QED) is 0.908. The number of nitrogens with zero attached hydrogens (tertiary/aromatic N) is 3. The fourth-order valence-electron chi connectivity index (χ4n) is 3.03. The van der Waals surface area contributed by atoms with Crippen LogP contribution in [0.15, 0.2) is 30.3 Å². The zero-order chi connectivity index (χ0) is 18.1. The molecule has 5 nitrogen and oxygen atoms in total. The lowest BCUT2D eigenvalue weighted by molar-refractivity contribution is 0.0672. The summed E-state index contributed by atoms with van der Waals surface area (Å²) in [5.74, 6) is -2.96. The Morgan fingerprint density at radius 1 is 1.24 bits per heavy atom. The number of carbonyl (C=O) groups excluding carboxylic acids is 1. The number of piperazine rings is 1. The van der Waals surface area contributed by atoms with Crippen LogP contribution in [0, 0.1) is 18.6 Å². The van der Waals surface area contributed by atoms with Crippen molar-refractivity contribution in [3.63, 3.8) is 0 Å². The number of aromatic hydroxyl groups is 1. The number of hydrogen-bond acceptors (Lipinski definition) is 4. The Kier molecular flexibility index (Phi) is 4.57. The van der Waals surface area contributed by atoms with Crippen LogP contribution in [0.2, 0.25) is 0 Å². The van der Waals surface area contributed by atoms with Gasteiger partial charge in [-0.15, -0.1) is 0 Å². The van der Waals surface area contributed by atoms with E-state index in [1.807, 2.05) is 32.0 Å². The summed E-state index contributed by atoms with van der Waals surface area (Å²) in [6.07, 6.45) is 0. The Morgan fingerprint density at radius 3 is 2.52 bits per heavy atom. The summed E-state index contributed by atoms with van der Waals surface area (Å²) in [5.41, 5.74) is 0.806. The molecule has 0 unspecified atom stereocenters. The van der Waals surface area contributed by atoms with Gasteiger partial charge in [0.15, 0.2) is 17.4 Å². The van der Waals surface area contributed by atoms with Gasteiger partial charge in [0.2, 0.25) is 0 Å². The van der Waals surface area contributed by atoms with Gasteiger partial charge in [-0.2, -0.15) is 0 Å². The molecule has 0 saturated carbocycles. The predicted octanol–water partition coefficient (Wildman–Crippen LogP) is 2.72. The van der Waals surface area contributed by atoms with Gasteiger partial charge in [-0.1, -0.05) is 6.07 Å². The van der Waals surface area contributed by atoms with E-state index in [4.69, 9.17) is 5.11 Å². The summed E-state index contributed by atoms with van der Waals surface area (Å²) < 4.78 is 27.0. The van der Waals surface area contributed by atoms with Crippen LogP contribution in [-0.2, 0) is 0 Å². The molecule has 0 bridgehead atoms. The monoisotopic (exact) mass is 347 g/mol. The normalized spacial score (nSPS) is 17.7. The highest BCUT2D eigenvalue weighted by molar-refractivity contribution is 5.94. The number of aromatic nitrogens is 1. The van der Waals surface area contributed by atoms with Crippen molar-refractivity contribution in [3.8, 4) is 5.75 Å². The maximum absolute atomic E-state index is 13.5. The number of hydrogen-bond donors (Lipinski definition) is 1. The van der Waals surface area contributed by atoms with Crippen LogP contribution >= 0.6 is 0 Å². The number of phenols is 1. The van der Waals surface area contributed by atoms with E-state index in [9.17, 15) is 13.6 Å². The van der Waals surface area contributed by atoms with Crippen LogP contribution in [-0.4, -0.2) is 46.6 Å². The van der Waals surface area contributed by atoms with Gasteiger partial charge in [0.05, 0.1) is 0 Å². The van der Waals surface area contributed by atoms with E-state index >= 15 is 0 Å². The van der Waals surface area contributed by atoms with Crippen LogP contribution in [0.5, 0.6) is 5.75 Å². The molecule has 1 amide bonds. The molecular formula is C18H19F2N3O2. The zero-order valence-electron chi connectivity index (χ0n) is 14.0. The van der Waals surface area contributed by atoms with Crippen LogP contribution in [0.4, 0.5) is 14.6 Å². The molecule has 0 aliphatic carbocycles. The van der Waals surface area contributed by atoms with Gasteiger partial charge in [-0.05, 0) is 38.1 Å². The molecule has 132 valence electrons. The third-order valence-corrected chi connectivity index (χ3v) is 4.35. The Hall–Kier alpha value is -2.70. The average Bonchev–Trinajstić information content (AvgIpc) is 2.58. The average molecular weight is 347 g/mol. The van der Waals surface area contributed by atoms with Crippen LogP contribution < -0.4 is 4.90 Å². The molecule has 1 fully saturated rings. The van der Waals surface area contributed by atoms with Crippen molar-refractivity contribution >= 4 is 11.7 Å². The minimum atomic E-state index is -1.14. The van der Waals surface area contributed by atoms with E-state index in [0.717, 1.165) is 23.6 Å². The van der Waals surface area contributed by atoms with Crippen molar-refractivity contribution in [2.24, 2.45) is 0 Å². The molecule has 1 aliphatic rings. The van der Waals surface area contributed by atoms with E-state index in [2.05, 4.69) is 9.88 Å². The SMILES string of the molecule is Cc1cccc(N2CCN(C(=O)c3cc(F)c(O)c(F)c3)[C@@H](C)C2)n1. The largest absolute Gasteiger partial charge is 0.503 e. The van der Waals surface area contributed by atoms with Crippen molar-refractivity contribution in [3.05, 3.63) is 53.2 Å². The highest BCUT2D eigenvalue weighted by Gasteiger charge is 2.29. The molecule has 0 spiro atoms. The first-order valence-electron chi connectivity index (χ1n) is 8.04. The second-order valence-corrected chi connectivity index (χ2v) is 6.22. The zero-order valence-corrected chi connectivity index (χ0v) is 14.0. The molecular weight excluding hydrogens is 328 g/mol. The third kappa shape index (κ3) is 3.40. The highest BCUT2D eigenvalue weighted by atomic mass is 19.1. The second kappa shape index (κ2) is 6.66.